The molecule has 0 spiro atoms. The monoisotopic (exact) mass is 211 g/mol. The Labute approximate surface area is 87.2 Å². The molecule has 5 heteroatoms. The van der Waals surface area contributed by atoms with Gasteiger partial charge in [-0.3, -0.25) is 4.79 Å². The van der Waals surface area contributed by atoms with E-state index in [1.807, 2.05) is 0 Å². The van der Waals surface area contributed by atoms with E-state index >= 15 is 0 Å². The van der Waals surface area contributed by atoms with Crippen molar-refractivity contribution in [2.24, 2.45) is 0 Å². The van der Waals surface area contributed by atoms with Crippen LogP contribution in [-0.2, 0) is 4.79 Å². The van der Waals surface area contributed by atoms with Crippen LogP contribution in [0.3, 0.4) is 0 Å². The van der Waals surface area contributed by atoms with Gasteiger partial charge in [-0.25, -0.2) is 0 Å². The Hall–Kier alpha value is -1.59. The molecule has 0 atom stereocenters. The van der Waals surface area contributed by atoms with Crippen LogP contribution in [-0.4, -0.2) is 33.7 Å². The lowest BCUT2D eigenvalue weighted by molar-refractivity contribution is -0.154. The van der Waals surface area contributed by atoms with Crippen molar-refractivity contribution in [1.82, 2.24) is 0 Å². The first-order valence-corrected chi connectivity index (χ1v) is 4.40. The molecule has 0 heterocycles. The molecule has 0 amide bonds. The Morgan fingerprint density at radius 3 is 2.27 bits per heavy atom. The summed E-state index contributed by atoms with van der Waals surface area (Å²) in [4.78, 5) is 11.5. The fourth-order valence-electron chi connectivity index (χ4n) is 1.23. The van der Waals surface area contributed by atoms with Gasteiger partial charge in [0.1, 0.15) is 6.54 Å². The number of carboxylic acid groups (broad SMARTS) is 1. The summed E-state index contributed by atoms with van der Waals surface area (Å²) in [6.45, 7) is 0.635. The molecule has 1 aromatic carbocycles. The van der Waals surface area contributed by atoms with E-state index in [1.54, 1.807) is 30.3 Å². The van der Waals surface area contributed by atoms with Crippen LogP contribution in [0.2, 0.25) is 0 Å². The molecule has 0 bridgehead atoms. The number of aliphatic carboxylic acids is 1. The second-order valence-corrected chi connectivity index (χ2v) is 3.29. The van der Waals surface area contributed by atoms with E-state index < -0.39 is 18.4 Å². The first-order valence-electron chi connectivity index (χ1n) is 4.40. The molecule has 0 aliphatic carbocycles. The van der Waals surface area contributed by atoms with Crippen molar-refractivity contribution < 1.29 is 20.1 Å². The minimum absolute atomic E-state index is 0.437. The number of aliphatic hydroxyl groups is 2. The predicted molar refractivity (Wildman–Crippen MR) is 54.3 cm³/mol. The maximum atomic E-state index is 10.6. The molecule has 0 radical (unpaired) electrons. The second kappa shape index (κ2) is 4.29. The molecule has 3 N–H and O–H groups in total. The van der Waals surface area contributed by atoms with E-state index in [9.17, 15) is 15.0 Å². The van der Waals surface area contributed by atoms with Crippen LogP contribution in [0.15, 0.2) is 30.3 Å². The summed E-state index contributed by atoms with van der Waals surface area (Å²) in [6.07, 6.45) is 0. The molecule has 1 aromatic rings. The molecule has 0 unspecified atom stereocenters. The zero-order valence-corrected chi connectivity index (χ0v) is 8.29. The number of carboxylic acids is 1. The maximum Gasteiger partial charge on any atom is 0.323 e. The average molecular weight is 211 g/mol. The fraction of sp³-hybridized carbons (Fsp3) is 0.300. The number of hydrogen-bond acceptors (Lipinski definition) is 4. The molecule has 0 aliphatic heterocycles. The van der Waals surface area contributed by atoms with E-state index in [0.29, 0.717) is 5.69 Å². The van der Waals surface area contributed by atoms with Gasteiger partial charge in [0.25, 0.3) is 0 Å². The zero-order valence-electron chi connectivity index (χ0n) is 8.29. The van der Waals surface area contributed by atoms with Crippen molar-refractivity contribution in [3.05, 3.63) is 30.3 Å². The van der Waals surface area contributed by atoms with E-state index in [1.165, 1.54) is 0 Å². The van der Waals surface area contributed by atoms with E-state index in [0.717, 1.165) is 11.8 Å². The lowest BCUT2D eigenvalue weighted by Gasteiger charge is -2.32. The van der Waals surface area contributed by atoms with Crippen molar-refractivity contribution in [1.29, 1.82) is 0 Å². The quantitative estimate of drug-likeness (QED) is 0.621. The molecular formula is C10H13NO4. The molecule has 0 fully saturated rings. The molecule has 82 valence electrons. The van der Waals surface area contributed by atoms with Crippen LogP contribution < -0.4 is 4.90 Å². The van der Waals surface area contributed by atoms with Crippen molar-refractivity contribution >= 4 is 11.7 Å². The van der Waals surface area contributed by atoms with E-state index in [2.05, 4.69) is 0 Å². The Balaban J connectivity index is 2.97. The van der Waals surface area contributed by atoms with Gasteiger partial charge in [0.2, 0.25) is 5.91 Å². The summed E-state index contributed by atoms with van der Waals surface area (Å²) in [7, 11) is 0. The van der Waals surface area contributed by atoms with Crippen molar-refractivity contribution in [2.45, 2.75) is 12.8 Å². The van der Waals surface area contributed by atoms with Gasteiger partial charge in [0.15, 0.2) is 0 Å². The lowest BCUT2D eigenvalue weighted by atomic mass is 10.2. The summed E-state index contributed by atoms with van der Waals surface area (Å²) in [6, 6.07) is 8.35. The molecule has 0 saturated heterocycles. The zero-order chi connectivity index (χ0) is 11.5. The molecule has 0 saturated carbocycles. The Morgan fingerprint density at radius 1 is 1.33 bits per heavy atom. The minimum atomic E-state index is -2.19. The van der Waals surface area contributed by atoms with Crippen LogP contribution >= 0.6 is 0 Å². The summed E-state index contributed by atoms with van der Waals surface area (Å²) < 4.78 is 0. The summed E-state index contributed by atoms with van der Waals surface area (Å²) >= 11 is 0. The molecule has 1 rings (SSSR count). The number of rotatable bonds is 4. The molecule has 5 nitrogen and oxygen atoms in total. The standard InChI is InChI=1S/C10H13NO4/c1-10(14,15)11(7-9(12)13)8-5-3-2-4-6-8/h2-6,14-15H,7H2,1H3,(H,12,13). The van der Waals surface area contributed by atoms with Crippen LogP contribution in [0.5, 0.6) is 0 Å². The highest BCUT2D eigenvalue weighted by molar-refractivity contribution is 5.74. The van der Waals surface area contributed by atoms with Gasteiger partial charge >= 0.3 is 5.97 Å². The Kier molecular flexibility index (Phi) is 3.28. The second-order valence-electron chi connectivity index (χ2n) is 3.29. The van der Waals surface area contributed by atoms with Crippen LogP contribution in [0.4, 0.5) is 5.69 Å². The number of anilines is 1. The Morgan fingerprint density at radius 2 is 1.87 bits per heavy atom. The third-order valence-electron chi connectivity index (χ3n) is 1.87. The lowest BCUT2D eigenvalue weighted by Crippen LogP contribution is -2.49. The van der Waals surface area contributed by atoms with Gasteiger partial charge in [-0.2, -0.15) is 0 Å². The number of para-hydroxylation sites is 1. The van der Waals surface area contributed by atoms with E-state index in [-0.39, 0.29) is 0 Å². The highest BCUT2D eigenvalue weighted by Crippen LogP contribution is 2.19. The smallest absolute Gasteiger partial charge is 0.323 e. The van der Waals surface area contributed by atoms with Gasteiger partial charge in [-0.05, 0) is 12.1 Å². The maximum absolute atomic E-state index is 10.6. The first-order chi connectivity index (χ1) is 6.91. The highest BCUT2D eigenvalue weighted by atomic mass is 16.5. The summed E-state index contributed by atoms with van der Waals surface area (Å²) in [5.74, 6) is -3.33. The van der Waals surface area contributed by atoms with E-state index in [4.69, 9.17) is 5.11 Å². The SMILES string of the molecule is CC(O)(O)N(CC(=O)O)c1ccccc1. The molecule has 0 aliphatic rings. The van der Waals surface area contributed by atoms with Gasteiger partial charge in [-0.15, -0.1) is 0 Å². The van der Waals surface area contributed by atoms with Gasteiger partial charge < -0.3 is 20.2 Å². The van der Waals surface area contributed by atoms with Crippen molar-refractivity contribution in [3.63, 3.8) is 0 Å². The topological polar surface area (TPSA) is 81.0 Å². The predicted octanol–water partition coefficient (Wildman–Crippen LogP) is 0.236. The third kappa shape index (κ3) is 3.23. The average Bonchev–Trinajstić information content (AvgIpc) is 2.14. The van der Waals surface area contributed by atoms with Crippen LogP contribution in [0, 0.1) is 0 Å². The summed E-state index contributed by atoms with van der Waals surface area (Å²) in [5.41, 5.74) is 0.437. The van der Waals surface area contributed by atoms with Gasteiger partial charge in [0, 0.05) is 12.6 Å². The van der Waals surface area contributed by atoms with Gasteiger partial charge in [-0.1, -0.05) is 18.2 Å². The molecule has 0 aromatic heterocycles. The largest absolute Gasteiger partial charge is 0.480 e. The number of benzene rings is 1. The summed E-state index contributed by atoms with van der Waals surface area (Å²) in [5, 5.41) is 27.4. The third-order valence-corrected chi connectivity index (χ3v) is 1.87. The highest BCUT2D eigenvalue weighted by Gasteiger charge is 2.27. The van der Waals surface area contributed by atoms with Crippen LogP contribution in [0.25, 0.3) is 0 Å². The molecular weight excluding hydrogens is 198 g/mol. The Bertz CT molecular complexity index is 331. The minimum Gasteiger partial charge on any atom is -0.480 e. The van der Waals surface area contributed by atoms with Crippen LogP contribution in [0.1, 0.15) is 6.92 Å². The van der Waals surface area contributed by atoms with Gasteiger partial charge in [0.05, 0.1) is 0 Å². The normalized spacial score (nSPS) is 11.1. The fourth-order valence-corrected chi connectivity index (χ4v) is 1.23. The van der Waals surface area contributed by atoms with Crippen molar-refractivity contribution in [3.8, 4) is 0 Å². The number of carbonyl (C=O) groups is 1. The first kappa shape index (κ1) is 11.5. The number of nitrogens with zero attached hydrogens (tertiary/aromatic N) is 1. The molecule has 15 heavy (non-hydrogen) atoms. The number of hydrogen-bond donors (Lipinski definition) is 3. The van der Waals surface area contributed by atoms with Crippen molar-refractivity contribution in [2.75, 3.05) is 11.4 Å².